The summed E-state index contributed by atoms with van der Waals surface area (Å²) in [5, 5.41) is 33.4. The first-order chi connectivity index (χ1) is 13.0. The molecule has 0 bridgehead atoms. The number of aliphatic hydroxyl groups excluding tert-OH is 1. The lowest BCUT2D eigenvalue weighted by molar-refractivity contribution is -0.145. The second-order valence-corrected chi connectivity index (χ2v) is 6.87. The highest BCUT2D eigenvalue weighted by atomic mass is 32.2. The molecule has 4 atom stereocenters. The summed E-state index contributed by atoms with van der Waals surface area (Å²) in [5.41, 5.74) is 5.67. The Hall–Kier alpha value is -2.38. The molecule has 28 heavy (non-hydrogen) atoms. The summed E-state index contributed by atoms with van der Waals surface area (Å²) in [6, 6.07) is -3.97. The van der Waals surface area contributed by atoms with Crippen LogP contribution in [0.1, 0.15) is 19.8 Å². The summed E-state index contributed by atoms with van der Waals surface area (Å²) >= 11 is 1.47. The van der Waals surface area contributed by atoms with Gasteiger partial charge in [-0.05, 0) is 25.4 Å². The van der Waals surface area contributed by atoms with Crippen LogP contribution in [0.5, 0.6) is 0 Å². The maximum absolute atomic E-state index is 12.1. The van der Waals surface area contributed by atoms with Crippen LogP contribution in [0.3, 0.4) is 0 Å². The molecule has 0 spiro atoms. The van der Waals surface area contributed by atoms with Crippen LogP contribution < -0.4 is 21.7 Å². The minimum Gasteiger partial charge on any atom is -0.481 e. The van der Waals surface area contributed by atoms with Crippen LogP contribution in [0.4, 0.5) is 0 Å². The van der Waals surface area contributed by atoms with Gasteiger partial charge in [0.2, 0.25) is 17.7 Å². The van der Waals surface area contributed by atoms with E-state index in [0.717, 1.165) is 6.92 Å². The van der Waals surface area contributed by atoms with Crippen molar-refractivity contribution in [2.45, 2.75) is 44.0 Å². The molecule has 0 fully saturated rings. The SMILES string of the molecule is CSCCC(N)C(=O)NC(CC(=O)O)C(=O)NCC(=O)NC(C(=O)O)C(C)O. The number of carboxylic acid groups (broad SMARTS) is 2. The van der Waals surface area contributed by atoms with Crippen molar-refractivity contribution in [1.82, 2.24) is 16.0 Å². The third-order valence-electron chi connectivity index (χ3n) is 3.47. The van der Waals surface area contributed by atoms with Crippen LogP contribution in [0, 0.1) is 0 Å². The van der Waals surface area contributed by atoms with Gasteiger partial charge in [-0.2, -0.15) is 11.8 Å². The predicted octanol–water partition coefficient (Wildman–Crippen LogP) is -2.91. The van der Waals surface area contributed by atoms with Crippen molar-refractivity contribution in [3.63, 3.8) is 0 Å². The third kappa shape index (κ3) is 10.1. The van der Waals surface area contributed by atoms with Gasteiger partial charge in [0.15, 0.2) is 6.04 Å². The molecule has 0 aromatic rings. The number of carbonyl (C=O) groups is 5. The fraction of sp³-hybridized carbons (Fsp3) is 0.667. The molecule has 0 aliphatic rings. The largest absolute Gasteiger partial charge is 0.481 e. The summed E-state index contributed by atoms with van der Waals surface area (Å²) in [6.45, 7) is 0.482. The van der Waals surface area contributed by atoms with Crippen LogP contribution in [0.2, 0.25) is 0 Å². The highest BCUT2D eigenvalue weighted by molar-refractivity contribution is 7.98. The average molecular weight is 422 g/mol. The van der Waals surface area contributed by atoms with Gasteiger partial charge in [0.1, 0.15) is 6.04 Å². The summed E-state index contributed by atoms with van der Waals surface area (Å²) in [4.78, 5) is 57.7. The van der Waals surface area contributed by atoms with Crippen LogP contribution >= 0.6 is 11.8 Å². The smallest absolute Gasteiger partial charge is 0.328 e. The molecule has 0 aromatic carbocycles. The minimum absolute atomic E-state index is 0.326. The third-order valence-corrected chi connectivity index (χ3v) is 4.11. The van der Waals surface area contributed by atoms with E-state index in [-0.39, 0.29) is 0 Å². The Morgan fingerprint density at radius 3 is 2.14 bits per heavy atom. The minimum atomic E-state index is -1.58. The maximum atomic E-state index is 12.1. The zero-order valence-electron chi connectivity index (χ0n) is 15.5. The van der Waals surface area contributed by atoms with Gasteiger partial charge < -0.3 is 37.0 Å². The highest BCUT2D eigenvalue weighted by Gasteiger charge is 2.28. The van der Waals surface area contributed by atoms with E-state index in [0.29, 0.717) is 12.2 Å². The van der Waals surface area contributed by atoms with Crippen molar-refractivity contribution in [3.05, 3.63) is 0 Å². The number of carbonyl (C=O) groups excluding carboxylic acids is 3. The summed E-state index contributed by atoms with van der Waals surface area (Å²) in [6.07, 6.45) is 0.0362. The molecule has 3 amide bonds. The van der Waals surface area contributed by atoms with Gasteiger partial charge in [0.25, 0.3) is 0 Å². The lowest BCUT2D eigenvalue weighted by atomic mass is 10.1. The van der Waals surface area contributed by atoms with Crippen LogP contribution in [0.15, 0.2) is 0 Å². The lowest BCUT2D eigenvalue weighted by Crippen LogP contribution is -2.55. The van der Waals surface area contributed by atoms with Gasteiger partial charge in [-0.1, -0.05) is 0 Å². The Bertz CT molecular complexity index is 586. The molecule has 0 aliphatic heterocycles. The predicted molar refractivity (Wildman–Crippen MR) is 99.4 cm³/mol. The molecule has 0 aliphatic carbocycles. The van der Waals surface area contributed by atoms with E-state index in [4.69, 9.17) is 15.9 Å². The van der Waals surface area contributed by atoms with Gasteiger partial charge in [-0.25, -0.2) is 4.79 Å². The summed E-state index contributed by atoms with van der Waals surface area (Å²) in [7, 11) is 0. The molecule has 0 aromatic heterocycles. The molecule has 13 heteroatoms. The second kappa shape index (κ2) is 12.9. The van der Waals surface area contributed by atoms with E-state index in [1.807, 2.05) is 11.6 Å². The number of carboxylic acids is 2. The lowest BCUT2D eigenvalue weighted by Gasteiger charge is -2.20. The fourth-order valence-corrected chi connectivity index (χ4v) is 2.43. The number of amides is 3. The molecule has 0 saturated carbocycles. The van der Waals surface area contributed by atoms with Crippen molar-refractivity contribution in [1.29, 1.82) is 0 Å². The fourth-order valence-electron chi connectivity index (χ4n) is 1.94. The molecular formula is C15H26N4O8S. The Morgan fingerprint density at radius 1 is 1.07 bits per heavy atom. The first-order valence-electron chi connectivity index (χ1n) is 8.24. The molecule has 0 rings (SSSR count). The van der Waals surface area contributed by atoms with Crippen LogP contribution in [-0.2, 0) is 24.0 Å². The van der Waals surface area contributed by atoms with E-state index in [1.165, 1.54) is 11.8 Å². The Balaban J connectivity index is 4.81. The Labute approximate surface area is 165 Å². The van der Waals surface area contributed by atoms with Crippen molar-refractivity contribution < 1.29 is 39.3 Å². The van der Waals surface area contributed by atoms with E-state index >= 15 is 0 Å². The normalized spacial score (nSPS) is 14.9. The van der Waals surface area contributed by atoms with Gasteiger partial charge >= 0.3 is 11.9 Å². The Kier molecular flexibility index (Phi) is 11.8. The zero-order chi connectivity index (χ0) is 21.9. The monoisotopic (exact) mass is 422 g/mol. The van der Waals surface area contributed by atoms with E-state index < -0.39 is 66.9 Å². The van der Waals surface area contributed by atoms with Crippen molar-refractivity contribution in [2.24, 2.45) is 5.73 Å². The van der Waals surface area contributed by atoms with Crippen molar-refractivity contribution in [2.75, 3.05) is 18.6 Å². The zero-order valence-corrected chi connectivity index (χ0v) is 16.3. The molecule has 8 N–H and O–H groups in total. The van der Waals surface area contributed by atoms with E-state index in [9.17, 15) is 29.1 Å². The first kappa shape index (κ1) is 25.6. The standard InChI is InChI=1S/C15H26N4O8S/c1-7(20)12(15(26)27)19-10(21)6-17-14(25)9(5-11(22)23)18-13(24)8(16)3-4-28-2/h7-9,12,20H,3-6,16H2,1-2H3,(H,17,25)(H,18,24)(H,19,21)(H,22,23)(H,26,27). The molecule has 0 radical (unpaired) electrons. The number of thioether (sulfide) groups is 1. The van der Waals surface area contributed by atoms with Gasteiger partial charge in [0.05, 0.1) is 25.1 Å². The van der Waals surface area contributed by atoms with Gasteiger partial charge in [0, 0.05) is 0 Å². The van der Waals surface area contributed by atoms with Crippen molar-refractivity contribution >= 4 is 41.4 Å². The number of hydrogen-bond donors (Lipinski definition) is 7. The Morgan fingerprint density at radius 2 is 1.68 bits per heavy atom. The first-order valence-corrected chi connectivity index (χ1v) is 9.63. The second-order valence-electron chi connectivity index (χ2n) is 5.89. The average Bonchev–Trinajstić information content (AvgIpc) is 2.60. The maximum Gasteiger partial charge on any atom is 0.328 e. The number of rotatable bonds is 13. The number of nitrogens with two attached hydrogens (primary N) is 1. The van der Waals surface area contributed by atoms with E-state index in [2.05, 4.69) is 10.6 Å². The molecule has 0 saturated heterocycles. The van der Waals surface area contributed by atoms with Crippen LogP contribution in [0.25, 0.3) is 0 Å². The summed E-state index contributed by atoms with van der Waals surface area (Å²) < 4.78 is 0. The molecule has 4 unspecified atom stereocenters. The number of hydrogen-bond acceptors (Lipinski definition) is 8. The van der Waals surface area contributed by atoms with E-state index in [1.54, 1.807) is 0 Å². The topological polar surface area (TPSA) is 208 Å². The van der Waals surface area contributed by atoms with Gasteiger partial charge in [-0.15, -0.1) is 0 Å². The van der Waals surface area contributed by atoms with Crippen molar-refractivity contribution in [3.8, 4) is 0 Å². The quantitative estimate of drug-likeness (QED) is 0.161. The number of nitrogens with one attached hydrogen (secondary N) is 3. The molecule has 12 nitrogen and oxygen atoms in total. The van der Waals surface area contributed by atoms with Crippen LogP contribution in [-0.4, -0.2) is 87.8 Å². The molecular weight excluding hydrogens is 396 g/mol. The highest BCUT2D eigenvalue weighted by Crippen LogP contribution is 2.01. The molecule has 160 valence electrons. The molecule has 0 heterocycles. The summed E-state index contributed by atoms with van der Waals surface area (Å²) in [5.74, 6) is -4.81. The number of aliphatic carboxylic acids is 2. The number of aliphatic hydroxyl groups is 1. The van der Waals surface area contributed by atoms with Gasteiger partial charge in [-0.3, -0.25) is 19.2 Å².